The van der Waals surface area contributed by atoms with E-state index < -0.39 is 5.97 Å². The number of hydrogen-bond donors (Lipinski definition) is 1. The third kappa shape index (κ3) is 4.41. The van der Waals surface area contributed by atoms with Crippen LogP contribution in [-0.4, -0.2) is 17.7 Å². The van der Waals surface area contributed by atoms with Gasteiger partial charge < -0.3 is 9.84 Å². The van der Waals surface area contributed by atoms with Crippen molar-refractivity contribution in [3.05, 3.63) is 82.3 Å². The minimum Gasteiger partial charge on any atom is -0.488 e. The van der Waals surface area contributed by atoms with E-state index in [2.05, 4.69) is 35.7 Å². The van der Waals surface area contributed by atoms with Gasteiger partial charge in [0, 0.05) is 16.5 Å². The molecule has 0 fully saturated rings. The summed E-state index contributed by atoms with van der Waals surface area (Å²) in [6, 6.07) is 10.4. The Hall–Kier alpha value is -2.85. The van der Waals surface area contributed by atoms with Crippen molar-refractivity contribution in [2.24, 2.45) is 0 Å². The van der Waals surface area contributed by atoms with Gasteiger partial charge in [-0.25, -0.2) is 4.79 Å². The Morgan fingerprint density at radius 3 is 2.85 bits per heavy atom. The number of aliphatic carboxylic acids is 1. The largest absolute Gasteiger partial charge is 0.488 e. The van der Waals surface area contributed by atoms with Gasteiger partial charge in [0.2, 0.25) is 0 Å². The topological polar surface area (TPSA) is 46.5 Å². The fraction of sp³-hybridized carbons (Fsp3) is 0.136. The Balaban J connectivity index is 1.82. The summed E-state index contributed by atoms with van der Waals surface area (Å²) in [4.78, 5) is 11.9. The zero-order valence-electron chi connectivity index (χ0n) is 14.7. The molecule has 0 unspecified atom stereocenters. The van der Waals surface area contributed by atoms with E-state index in [9.17, 15) is 4.79 Å². The molecule has 0 atom stereocenters. The number of ether oxygens (including phenoxy) is 1. The number of hydrogen-bond acceptors (Lipinski definition) is 3. The molecule has 4 heteroatoms. The molecule has 0 radical (unpaired) electrons. The highest BCUT2D eigenvalue weighted by atomic mass is 32.1. The van der Waals surface area contributed by atoms with Crippen molar-refractivity contribution >= 4 is 23.4 Å². The maximum absolute atomic E-state index is 10.6. The maximum atomic E-state index is 10.6. The highest BCUT2D eigenvalue weighted by Gasteiger charge is 2.13. The summed E-state index contributed by atoms with van der Waals surface area (Å²) >= 11 is 1.72. The van der Waals surface area contributed by atoms with Gasteiger partial charge in [-0.15, -0.1) is 11.3 Å². The molecule has 2 aromatic rings. The van der Waals surface area contributed by atoms with E-state index in [0.717, 1.165) is 22.5 Å². The van der Waals surface area contributed by atoms with Crippen LogP contribution in [0.25, 0.3) is 16.5 Å². The molecule has 132 valence electrons. The zero-order chi connectivity index (χ0) is 18.5. The van der Waals surface area contributed by atoms with Crippen LogP contribution in [0.5, 0.6) is 5.75 Å². The molecular formula is C22H20O3S. The van der Waals surface area contributed by atoms with Crippen molar-refractivity contribution in [1.82, 2.24) is 0 Å². The van der Waals surface area contributed by atoms with Crippen LogP contribution in [0.2, 0.25) is 0 Å². The molecular weight excluding hydrogens is 344 g/mol. The van der Waals surface area contributed by atoms with Crippen molar-refractivity contribution in [3.8, 4) is 16.2 Å². The second-order valence-corrected chi connectivity index (χ2v) is 7.07. The molecule has 1 N–H and O–H groups in total. The normalized spacial score (nSPS) is 14.8. The summed E-state index contributed by atoms with van der Waals surface area (Å²) in [7, 11) is 0. The summed E-state index contributed by atoms with van der Waals surface area (Å²) in [6.45, 7) is 4.33. The van der Waals surface area contributed by atoms with E-state index in [-0.39, 0.29) is 0 Å². The minimum atomic E-state index is -0.936. The fourth-order valence-corrected chi connectivity index (χ4v) is 3.42. The second-order valence-electron chi connectivity index (χ2n) is 6.12. The lowest BCUT2D eigenvalue weighted by atomic mass is 9.99. The number of rotatable bonds is 5. The first-order valence-electron chi connectivity index (χ1n) is 8.31. The van der Waals surface area contributed by atoms with E-state index in [1.807, 2.05) is 25.1 Å². The summed E-state index contributed by atoms with van der Waals surface area (Å²) in [5.41, 5.74) is 5.18. The van der Waals surface area contributed by atoms with Gasteiger partial charge in [0.15, 0.2) is 0 Å². The van der Waals surface area contributed by atoms with Crippen LogP contribution in [0, 0.1) is 0 Å². The Morgan fingerprint density at radius 1 is 1.27 bits per heavy atom. The van der Waals surface area contributed by atoms with Crippen molar-refractivity contribution in [3.63, 3.8) is 0 Å². The third-order valence-electron chi connectivity index (χ3n) is 4.09. The molecule has 0 aliphatic carbocycles. The molecule has 2 heterocycles. The predicted molar refractivity (Wildman–Crippen MR) is 108 cm³/mol. The number of carboxylic acids is 1. The van der Waals surface area contributed by atoms with Crippen molar-refractivity contribution in [1.29, 1.82) is 0 Å². The van der Waals surface area contributed by atoms with Gasteiger partial charge in [-0.3, -0.25) is 0 Å². The van der Waals surface area contributed by atoms with Crippen molar-refractivity contribution in [2.45, 2.75) is 13.8 Å². The lowest BCUT2D eigenvalue weighted by molar-refractivity contribution is -0.131. The highest BCUT2D eigenvalue weighted by molar-refractivity contribution is 7.13. The second kappa shape index (κ2) is 8.02. The smallest absolute Gasteiger partial charge is 0.328 e. The highest BCUT2D eigenvalue weighted by Crippen LogP contribution is 2.34. The average Bonchev–Trinajstić information content (AvgIpc) is 3.14. The molecule has 0 amide bonds. The van der Waals surface area contributed by atoms with Gasteiger partial charge in [0.1, 0.15) is 12.4 Å². The molecule has 0 saturated carbocycles. The molecule has 0 bridgehead atoms. The standard InChI is InChI=1S/C22H20O3S/c1-15(11-22(23)24)5-3-6-16(2)19-13-18-12-17(21-7-4-10-26-21)8-9-20(18)25-14-19/h3-13H,14H2,1-2H3,(H,23,24). The quantitative estimate of drug-likeness (QED) is 0.545. The minimum absolute atomic E-state index is 0.533. The number of benzene rings is 1. The summed E-state index contributed by atoms with van der Waals surface area (Å²) in [5.74, 6) is -0.0352. The maximum Gasteiger partial charge on any atom is 0.328 e. The van der Waals surface area contributed by atoms with Crippen LogP contribution in [-0.2, 0) is 4.79 Å². The predicted octanol–water partition coefficient (Wildman–Crippen LogP) is 5.72. The number of carbonyl (C=O) groups is 1. The van der Waals surface area contributed by atoms with Crippen LogP contribution in [0.4, 0.5) is 0 Å². The molecule has 1 aromatic carbocycles. The van der Waals surface area contributed by atoms with Crippen molar-refractivity contribution < 1.29 is 14.6 Å². The first-order chi connectivity index (χ1) is 12.5. The first-order valence-corrected chi connectivity index (χ1v) is 9.19. The summed E-state index contributed by atoms with van der Waals surface area (Å²) < 4.78 is 5.89. The molecule has 1 aliphatic rings. The summed E-state index contributed by atoms with van der Waals surface area (Å²) in [6.07, 6.45) is 8.97. The van der Waals surface area contributed by atoms with E-state index in [4.69, 9.17) is 9.84 Å². The molecule has 1 aromatic heterocycles. The molecule has 1 aliphatic heterocycles. The summed E-state index contributed by atoms with van der Waals surface area (Å²) in [5, 5.41) is 10.8. The molecule has 0 spiro atoms. The lowest BCUT2D eigenvalue weighted by Crippen LogP contribution is -2.08. The number of thiophene rings is 1. The molecule has 0 saturated heterocycles. The van der Waals surface area contributed by atoms with Gasteiger partial charge in [-0.05, 0) is 71.9 Å². The van der Waals surface area contributed by atoms with E-state index in [0.29, 0.717) is 12.2 Å². The molecule has 26 heavy (non-hydrogen) atoms. The Kier molecular flexibility index (Phi) is 5.54. The van der Waals surface area contributed by atoms with Crippen molar-refractivity contribution in [2.75, 3.05) is 6.61 Å². The monoisotopic (exact) mass is 364 g/mol. The molecule has 3 rings (SSSR count). The van der Waals surface area contributed by atoms with Crippen LogP contribution in [0.1, 0.15) is 19.4 Å². The number of carboxylic acid groups (broad SMARTS) is 1. The Bertz CT molecular complexity index is 928. The molecule has 3 nitrogen and oxygen atoms in total. The Labute approximate surface area is 157 Å². The average molecular weight is 364 g/mol. The van der Waals surface area contributed by atoms with Gasteiger partial charge in [0.25, 0.3) is 0 Å². The lowest BCUT2D eigenvalue weighted by Gasteiger charge is -2.19. The number of fused-ring (bicyclic) bond motifs is 1. The first kappa shape index (κ1) is 18.0. The zero-order valence-corrected chi connectivity index (χ0v) is 15.5. The van der Waals surface area contributed by atoms with Crippen LogP contribution < -0.4 is 4.74 Å². The third-order valence-corrected chi connectivity index (χ3v) is 5.01. The van der Waals surface area contributed by atoms with Gasteiger partial charge in [-0.2, -0.15) is 0 Å². The van der Waals surface area contributed by atoms with Gasteiger partial charge in [0.05, 0.1) is 0 Å². The SMILES string of the molecule is CC(C=CC=C(C)C1=Cc2cc(-c3cccs3)ccc2OC1)=CC(=O)O. The van der Waals surface area contributed by atoms with Crippen LogP contribution in [0.15, 0.2) is 76.7 Å². The Morgan fingerprint density at radius 2 is 2.12 bits per heavy atom. The van der Waals surface area contributed by atoms with Crippen LogP contribution >= 0.6 is 11.3 Å². The fourth-order valence-electron chi connectivity index (χ4n) is 2.70. The van der Waals surface area contributed by atoms with E-state index in [1.165, 1.54) is 16.5 Å². The van der Waals surface area contributed by atoms with E-state index >= 15 is 0 Å². The number of allylic oxidation sites excluding steroid dienone is 4. The van der Waals surface area contributed by atoms with Crippen LogP contribution in [0.3, 0.4) is 0 Å². The van der Waals surface area contributed by atoms with Gasteiger partial charge >= 0.3 is 5.97 Å². The van der Waals surface area contributed by atoms with Gasteiger partial charge in [-0.1, -0.05) is 24.3 Å². The van der Waals surface area contributed by atoms with E-state index in [1.54, 1.807) is 24.3 Å².